The van der Waals surface area contributed by atoms with E-state index in [9.17, 15) is 19.7 Å². The van der Waals surface area contributed by atoms with Gasteiger partial charge in [-0.3, -0.25) is 29.6 Å². The maximum atomic E-state index is 11.7. The summed E-state index contributed by atoms with van der Waals surface area (Å²) in [7, 11) is 1.38. The summed E-state index contributed by atoms with van der Waals surface area (Å²) in [4.78, 5) is 37.8. The number of nitrogens with zero attached hydrogens (tertiary/aromatic N) is 3. The van der Waals surface area contributed by atoms with E-state index >= 15 is 0 Å². The molecule has 1 atom stereocenters. The van der Waals surface area contributed by atoms with Crippen molar-refractivity contribution in [3.05, 3.63) is 28.6 Å². The Hall–Kier alpha value is -2.51. The number of hydrogen-bond acceptors (Lipinski definition) is 6. The number of rotatable bonds is 3. The van der Waals surface area contributed by atoms with Gasteiger partial charge in [0.05, 0.1) is 11.3 Å². The number of imide groups is 1. The topological polar surface area (TPSA) is 105 Å². The van der Waals surface area contributed by atoms with Crippen molar-refractivity contribution in [2.75, 3.05) is 12.4 Å². The fourth-order valence-corrected chi connectivity index (χ4v) is 1.71. The van der Waals surface area contributed by atoms with Crippen LogP contribution in [0.5, 0.6) is 0 Å². The van der Waals surface area contributed by atoms with Crippen LogP contribution in [0.2, 0.25) is 0 Å². The molecular weight excluding hydrogens is 240 g/mol. The number of carbonyl (C=O) groups is 2. The first-order valence-electron chi connectivity index (χ1n) is 5.16. The Balaban J connectivity index is 2.23. The summed E-state index contributed by atoms with van der Waals surface area (Å²) in [6, 6.07) is 0.636. The summed E-state index contributed by atoms with van der Waals surface area (Å²) in [5, 5.41) is 13.5. The highest BCUT2D eigenvalue weighted by Crippen LogP contribution is 2.25. The van der Waals surface area contributed by atoms with Crippen molar-refractivity contribution in [1.29, 1.82) is 0 Å². The minimum atomic E-state index is -0.761. The summed E-state index contributed by atoms with van der Waals surface area (Å²) >= 11 is 0. The van der Waals surface area contributed by atoms with Gasteiger partial charge in [-0.25, -0.2) is 0 Å². The lowest BCUT2D eigenvalue weighted by atomic mass is 10.2. The molecule has 1 saturated heterocycles. The van der Waals surface area contributed by atoms with E-state index in [1.54, 1.807) is 0 Å². The fraction of sp³-hybridized carbons (Fsp3) is 0.300. The lowest BCUT2D eigenvalue weighted by Crippen LogP contribution is -2.31. The van der Waals surface area contributed by atoms with E-state index in [1.807, 2.05) is 0 Å². The largest absolute Gasteiger partial charge is 0.368 e. The first kappa shape index (κ1) is 12.0. The van der Waals surface area contributed by atoms with Gasteiger partial charge in [0.2, 0.25) is 5.91 Å². The summed E-state index contributed by atoms with van der Waals surface area (Å²) in [6.07, 6.45) is 2.46. The van der Waals surface area contributed by atoms with Crippen molar-refractivity contribution in [2.45, 2.75) is 12.5 Å². The molecule has 2 heterocycles. The smallest absolute Gasteiger partial charge is 0.310 e. The molecule has 1 aromatic rings. The van der Waals surface area contributed by atoms with E-state index in [0.29, 0.717) is 0 Å². The van der Waals surface area contributed by atoms with Crippen LogP contribution in [0, 0.1) is 10.1 Å². The van der Waals surface area contributed by atoms with Gasteiger partial charge in [-0.2, -0.15) is 0 Å². The summed E-state index contributed by atoms with van der Waals surface area (Å²) in [5.74, 6) is -0.708. The second-order valence-electron chi connectivity index (χ2n) is 3.84. The Bertz CT molecular complexity index is 530. The van der Waals surface area contributed by atoms with Crippen molar-refractivity contribution in [1.82, 2.24) is 9.88 Å². The lowest BCUT2D eigenvalue weighted by Gasteiger charge is -2.11. The van der Waals surface area contributed by atoms with Gasteiger partial charge in [0.25, 0.3) is 5.91 Å². The van der Waals surface area contributed by atoms with Crippen LogP contribution in [-0.4, -0.2) is 39.7 Å². The number of likely N-dealkylation sites (tertiary alicyclic amines) is 1. The van der Waals surface area contributed by atoms with Gasteiger partial charge in [0, 0.05) is 13.2 Å². The molecular formula is C10H10N4O4. The molecule has 1 N–H and O–H groups in total. The second kappa shape index (κ2) is 4.40. The van der Waals surface area contributed by atoms with Crippen LogP contribution in [0.15, 0.2) is 18.5 Å². The molecule has 0 saturated carbocycles. The van der Waals surface area contributed by atoms with Gasteiger partial charge in [-0.05, 0) is 6.07 Å². The molecule has 1 unspecified atom stereocenters. The van der Waals surface area contributed by atoms with E-state index < -0.39 is 16.9 Å². The van der Waals surface area contributed by atoms with Crippen LogP contribution in [0.4, 0.5) is 11.4 Å². The van der Waals surface area contributed by atoms with Gasteiger partial charge < -0.3 is 5.32 Å². The number of anilines is 1. The number of nitro groups is 1. The number of aromatic nitrogens is 1. The number of nitrogens with one attached hydrogen (secondary N) is 1. The summed E-state index contributed by atoms with van der Waals surface area (Å²) < 4.78 is 0. The Labute approximate surface area is 102 Å². The molecule has 8 heteroatoms. The SMILES string of the molecule is CN1C(=O)CC(Nc2ccncc2[N+](=O)[O-])C1=O. The first-order chi connectivity index (χ1) is 8.50. The van der Waals surface area contributed by atoms with E-state index in [4.69, 9.17) is 0 Å². The minimum absolute atomic E-state index is 0.00515. The molecule has 18 heavy (non-hydrogen) atoms. The quantitative estimate of drug-likeness (QED) is 0.465. The van der Waals surface area contributed by atoms with Crippen LogP contribution >= 0.6 is 0 Å². The van der Waals surface area contributed by atoms with Gasteiger partial charge in [0.1, 0.15) is 17.9 Å². The van der Waals surface area contributed by atoms with Gasteiger partial charge in [0.15, 0.2) is 0 Å². The third-order valence-corrected chi connectivity index (χ3v) is 2.71. The number of carbonyl (C=O) groups excluding carboxylic acids is 2. The Kier molecular flexibility index (Phi) is 2.92. The standard InChI is InChI=1S/C10H10N4O4/c1-13-9(15)4-7(10(13)16)12-6-2-3-11-5-8(6)14(17)18/h2-3,5,7H,4H2,1H3,(H,11,12). The molecule has 8 nitrogen and oxygen atoms in total. The molecule has 2 amide bonds. The average molecular weight is 250 g/mol. The van der Waals surface area contributed by atoms with Gasteiger partial charge >= 0.3 is 5.69 Å². The molecule has 1 aliphatic heterocycles. The van der Waals surface area contributed by atoms with E-state index in [-0.39, 0.29) is 23.7 Å². The molecule has 1 aliphatic rings. The maximum absolute atomic E-state index is 11.7. The van der Waals surface area contributed by atoms with E-state index in [1.165, 1.54) is 19.3 Å². The van der Waals surface area contributed by atoms with Crippen LogP contribution in [0.1, 0.15) is 6.42 Å². The monoisotopic (exact) mass is 250 g/mol. The first-order valence-corrected chi connectivity index (χ1v) is 5.16. The van der Waals surface area contributed by atoms with E-state index in [0.717, 1.165) is 11.1 Å². The highest BCUT2D eigenvalue weighted by molar-refractivity contribution is 6.06. The Morgan fingerprint density at radius 2 is 2.28 bits per heavy atom. The molecule has 0 bridgehead atoms. The molecule has 94 valence electrons. The number of likely N-dealkylation sites (N-methyl/N-ethyl adjacent to an activating group) is 1. The lowest BCUT2D eigenvalue weighted by molar-refractivity contribution is -0.384. The molecule has 2 rings (SSSR count). The van der Waals surface area contributed by atoms with Crippen molar-refractivity contribution >= 4 is 23.2 Å². The van der Waals surface area contributed by atoms with Crippen LogP contribution in [0.3, 0.4) is 0 Å². The number of hydrogen-bond donors (Lipinski definition) is 1. The normalized spacial score (nSPS) is 19.2. The van der Waals surface area contributed by atoms with Crippen LogP contribution in [-0.2, 0) is 9.59 Å². The third kappa shape index (κ3) is 1.99. The molecule has 0 radical (unpaired) electrons. The number of pyridine rings is 1. The van der Waals surface area contributed by atoms with Crippen molar-refractivity contribution in [3.63, 3.8) is 0 Å². The Morgan fingerprint density at radius 3 is 2.83 bits per heavy atom. The zero-order valence-electron chi connectivity index (χ0n) is 9.49. The van der Waals surface area contributed by atoms with Gasteiger partial charge in [-0.15, -0.1) is 0 Å². The fourth-order valence-electron chi connectivity index (χ4n) is 1.71. The molecule has 0 aliphatic carbocycles. The third-order valence-electron chi connectivity index (χ3n) is 2.71. The van der Waals surface area contributed by atoms with Crippen LogP contribution in [0.25, 0.3) is 0 Å². The zero-order valence-corrected chi connectivity index (χ0v) is 9.49. The van der Waals surface area contributed by atoms with Crippen LogP contribution < -0.4 is 5.32 Å². The molecule has 0 aromatic carbocycles. The maximum Gasteiger partial charge on any atom is 0.310 e. The second-order valence-corrected chi connectivity index (χ2v) is 3.84. The predicted octanol–water partition coefficient (Wildman–Crippen LogP) is 0.159. The van der Waals surface area contributed by atoms with E-state index in [2.05, 4.69) is 10.3 Å². The zero-order chi connectivity index (χ0) is 13.3. The Morgan fingerprint density at radius 1 is 1.56 bits per heavy atom. The van der Waals surface area contributed by atoms with Crippen molar-refractivity contribution in [2.24, 2.45) is 0 Å². The molecule has 0 spiro atoms. The minimum Gasteiger partial charge on any atom is -0.368 e. The highest BCUT2D eigenvalue weighted by Gasteiger charge is 2.36. The van der Waals surface area contributed by atoms with Gasteiger partial charge in [-0.1, -0.05) is 0 Å². The molecule has 1 fully saturated rings. The highest BCUT2D eigenvalue weighted by atomic mass is 16.6. The molecule has 1 aromatic heterocycles. The average Bonchev–Trinajstić information content (AvgIpc) is 2.57. The summed E-state index contributed by atoms with van der Waals surface area (Å²) in [6.45, 7) is 0. The van der Waals surface area contributed by atoms with Crippen molar-refractivity contribution in [3.8, 4) is 0 Å². The number of amides is 2. The predicted molar refractivity (Wildman–Crippen MR) is 60.7 cm³/mol. The summed E-state index contributed by atoms with van der Waals surface area (Å²) in [5.41, 5.74) is -0.0521. The van der Waals surface area contributed by atoms with Crippen molar-refractivity contribution < 1.29 is 14.5 Å².